The van der Waals surface area contributed by atoms with E-state index in [1.54, 1.807) is 11.3 Å². The fourth-order valence-corrected chi connectivity index (χ4v) is 2.80. The standard InChI is InChI=1S/C9H12N2O2S/c1-2-10-9-11-7-5(8(12)13)3-4-6(7)14-9/h5H,2-4H2,1H3,(H,10,11)(H,12,13). The van der Waals surface area contributed by atoms with E-state index in [1.165, 1.54) is 0 Å². The molecule has 1 aromatic heterocycles. The van der Waals surface area contributed by atoms with Crippen LogP contribution < -0.4 is 5.32 Å². The smallest absolute Gasteiger partial charge is 0.312 e. The first kappa shape index (κ1) is 9.45. The van der Waals surface area contributed by atoms with Crippen LogP contribution in [0.5, 0.6) is 0 Å². The number of carboxylic acids is 1. The van der Waals surface area contributed by atoms with Gasteiger partial charge in [-0.3, -0.25) is 4.79 Å². The van der Waals surface area contributed by atoms with Crippen molar-refractivity contribution < 1.29 is 9.90 Å². The number of aromatic nitrogens is 1. The van der Waals surface area contributed by atoms with Crippen LogP contribution in [-0.2, 0) is 11.2 Å². The highest BCUT2D eigenvalue weighted by atomic mass is 32.1. The van der Waals surface area contributed by atoms with Gasteiger partial charge in [0, 0.05) is 11.4 Å². The molecular formula is C9H12N2O2S. The summed E-state index contributed by atoms with van der Waals surface area (Å²) in [5.41, 5.74) is 0.776. The largest absolute Gasteiger partial charge is 0.481 e. The minimum Gasteiger partial charge on any atom is -0.481 e. The van der Waals surface area contributed by atoms with E-state index in [2.05, 4.69) is 10.3 Å². The van der Waals surface area contributed by atoms with Crippen LogP contribution in [0.15, 0.2) is 0 Å². The predicted molar refractivity (Wildman–Crippen MR) is 55.0 cm³/mol. The first-order chi connectivity index (χ1) is 6.72. The number of hydrogen-bond acceptors (Lipinski definition) is 4. The Morgan fingerprint density at radius 1 is 1.79 bits per heavy atom. The van der Waals surface area contributed by atoms with Gasteiger partial charge in [0.15, 0.2) is 5.13 Å². The van der Waals surface area contributed by atoms with Gasteiger partial charge in [-0.2, -0.15) is 0 Å². The number of nitrogens with one attached hydrogen (secondary N) is 1. The van der Waals surface area contributed by atoms with Crippen molar-refractivity contribution in [3.63, 3.8) is 0 Å². The van der Waals surface area contributed by atoms with Crippen LogP contribution >= 0.6 is 11.3 Å². The summed E-state index contributed by atoms with van der Waals surface area (Å²) in [4.78, 5) is 16.3. The Morgan fingerprint density at radius 2 is 2.57 bits per heavy atom. The molecule has 0 saturated heterocycles. The van der Waals surface area contributed by atoms with E-state index in [0.29, 0.717) is 6.42 Å². The molecule has 0 spiro atoms. The van der Waals surface area contributed by atoms with Crippen LogP contribution in [-0.4, -0.2) is 22.6 Å². The van der Waals surface area contributed by atoms with Crippen molar-refractivity contribution in [2.24, 2.45) is 0 Å². The van der Waals surface area contributed by atoms with Gasteiger partial charge in [0.05, 0.1) is 5.69 Å². The quantitative estimate of drug-likeness (QED) is 0.800. The van der Waals surface area contributed by atoms with E-state index in [0.717, 1.165) is 28.7 Å². The van der Waals surface area contributed by atoms with Crippen molar-refractivity contribution in [3.8, 4) is 0 Å². The molecule has 0 radical (unpaired) electrons. The van der Waals surface area contributed by atoms with Crippen LogP contribution in [0.2, 0.25) is 0 Å². The molecule has 2 rings (SSSR count). The Kier molecular flexibility index (Phi) is 2.41. The normalized spacial score (nSPS) is 19.4. The predicted octanol–water partition coefficient (Wildman–Crippen LogP) is 1.69. The molecule has 5 heteroatoms. The Morgan fingerprint density at radius 3 is 3.21 bits per heavy atom. The molecule has 14 heavy (non-hydrogen) atoms. The van der Waals surface area contributed by atoms with Gasteiger partial charge in [-0.05, 0) is 19.8 Å². The average molecular weight is 212 g/mol. The molecule has 0 fully saturated rings. The number of fused-ring (bicyclic) bond motifs is 1. The first-order valence-electron chi connectivity index (χ1n) is 4.68. The van der Waals surface area contributed by atoms with E-state index >= 15 is 0 Å². The van der Waals surface area contributed by atoms with E-state index in [9.17, 15) is 4.79 Å². The molecular weight excluding hydrogens is 200 g/mol. The average Bonchev–Trinajstić information content (AvgIpc) is 2.62. The van der Waals surface area contributed by atoms with Gasteiger partial charge in [-0.1, -0.05) is 0 Å². The molecule has 0 saturated carbocycles. The maximum absolute atomic E-state index is 10.9. The van der Waals surface area contributed by atoms with Crippen LogP contribution in [0.1, 0.15) is 29.8 Å². The molecule has 76 valence electrons. The second-order valence-electron chi connectivity index (χ2n) is 3.29. The molecule has 1 aromatic rings. The van der Waals surface area contributed by atoms with E-state index < -0.39 is 5.97 Å². The van der Waals surface area contributed by atoms with Gasteiger partial charge in [0.25, 0.3) is 0 Å². The Balaban J connectivity index is 2.26. The fourth-order valence-electron chi connectivity index (χ4n) is 1.69. The monoisotopic (exact) mass is 212 g/mol. The molecule has 1 aliphatic carbocycles. The zero-order valence-corrected chi connectivity index (χ0v) is 8.73. The van der Waals surface area contributed by atoms with Gasteiger partial charge in [-0.25, -0.2) is 4.98 Å². The lowest BCUT2D eigenvalue weighted by Crippen LogP contribution is -2.08. The number of hydrogen-bond donors (Lipinski definition) is 2. The van der Waals surface area contributed by atoms with E-state index in [-0.39, 0.29) is 5.92 Å². The Bertz CT molecular complexity index is 362. The van der Waals surface area contributed by atoms with Crippen molar-refractivity contribution in [2.45, 2.75) is 25.7 Å². The molecule has 1 atom stereocenters. The molecule has 0 bridgehead atoms. The number of nitrogens with zero attached hydrogens (tertiary/aromatic N) is 1. The second-order valence-corrected chi connectivity index (χ2v) is 4.37. The summed E-state index contributed by atoms with van der Waals surface area (Å²) in [5.74, 6) is -1.13. The maximum atomic E-state index is 10.9. The van der Waals surface area contributed by atoms with Crippen LogP contribution in [0.4, 0.5) is 5.13 Å². The summed E-state index contributed by atoms with van der Waals surface area (Å²) >= 11 is 1.58. The third-order valence-corrected chi connectivity index (χ3v) is 3.43. The lowest BCUT2D eigenvalue weighted by molar-refractivity contribution is -0.138. The number of thiazole rings is 1. The highest BCUT2D eigenvalue weighted by Gasteiger charge is 2.32. The molecule has 4 nitrogen and oxygen atoms in total. The fraction of sp³-hybridized carbons (Fsp3) is 0.556. The topological polar surface area (TPSA) is 62.2 Å². The second kappa shape index (κ2) is 3.57. The summed E-state index contributed by atoms with van der Waals surface area (Å²) in [5, 5.41) is 12.9. The van der Waals surface area contributed by atoms with Crippen molar-refractivity contribution in [2.75, 3.05) is 11.9 Å². The van der Waals surface area contributed by atoms with Gasteiger partial charge in [0.2, 0.25) is 0 Å². The minimum absolute atomic E-state index is 0.381. The third kappa shape index (κ3) is 1.48. The summed E-state index contributed by atoms with van der Waals surface area (Å²) in [6.45, 7) is 2.82. The van der Waals surface area contributed by atoms with Crippen LogP contribution in [0.3, 0.4) is 0 Å². The summed E-state index contributed by atoms with van der Waals surface area (Å²) in [6.07, 6.45) is 1.56. The number of rotatable bonds is 3. The zero-order chi connectivity index (χ0) is 10.1. The van der Waals surface area contributed by atoms with Crippen LogP contribution in [0, 0.1) is 0 Å². The Hall–Kier alpha value is -1.10. The number of carbonyl (C=O) groups is 1. The molecule has 0 amide bonds. The third-order valence-electron chi connectivity index (χ3n) is 2.34. The molecule has 0 aliphatic heterocycles. The highest BCUT2D eigenvalue weighted by Crippen LogP contribution is 2.38. The summed E-state index contributed by atoms with van der Waals surface area (Å²) < 4.78 is 0. The van der Waals surface area contributed by atoms with Crippen molar-refractivity contribution >= 4 is 22.4 Å². The summed E-state index contributed by atoms with van der Waals surface area (Å²) in [7, 11) is 0. The maximum Gasteiger partial charge on any atom is 0.312 e. The number of anilines is 1. The van der Waals surface area contributed by atoms with E-state index in [4.69, 9.17) is 5.11 Å². The van der Waals surface area contributed by atoms with Gasteiger partial charge in [-0.15, -0.1) is 11.3 Å². The molecule has 0 aromatic carbocycles. The molecule has 1 aliphatic rings. The number of carboxylic acid groups (broad SMARTS) is 1. The van der Waals surface area contributed by atoms with Gasteiger partial charge < -0.3 is 10.4 Å². The lowest BCUT2D eigenvalue weighted by atomic mass is 10.1. The lowest BCUT2D eigenvalue weighted by Gasteiger charge is -2.01. The number of aryl methyl sites for hydroxylation is 1. The van der Waals surface area contributed by atoms with E-state index in [1.807, 2.05) is 6.92 Å². The zero-order valence-electron chi connectivity index (χ0n) is 7.91. The number of aliphatic carboxylic acids is 1. The SMILES string of the molecule is CCNc1nc2c(s1)CCC2C(=O)O. The summed E-state index contributed by atoms with van der Waals surface area (Å²) in [6, 6.07) is 0. The minimum atomic E-state index is -0.753. The van der Waals surface area contributed by atoms with Crippen molar-refractivity contribution in [1.82, 2.24) is 4.98 Å². The van der Waals surface area contributed by atoms with Gasteiger partial charge >= 0.3 is 5.97 Å². The van der Waals surface area contributed by atoms with Gasteiger partial charge in [0.1, 0.15) is 5.92 Å². The highest BCUT2D eigenvalue weighted by molar-refractivity contribution is 7.15. The van der Waals surface area contributed by atoms with Crippen molar-refractivity contribution in [3.05, 3.63) is 10.6 Å². The van der Waals surface area contributed by atoms with Crippen LogP contribution in [0.25, 0.3) is 0 Å². The molecule has 1 unspecified atom stereocenters. The Labute approximate surface area is 86.0 Å². The molecule has 2 N–H and O–H groups in total. The first-order valence-corrected chi connectivity index (χ1v) is 5.50. The van der Waals surface area contributed by atoms with Crippen molar-refractivity contribution in [1.29, 1.82) is 0 Å². The molecule has 1 heterocycles.